The molecule has 0 unspecified atom stereocenters. The average molecular weight is 303 g/mol. The van der Waals surface area contributed by atoms with E-state index < -0.39 is 17.5 Å². The van der Waals surface area contributed by atoms with E-state index in [1.807, 2.05) is 0 Å². The number of rotatable bonds is 4. The topological polar surface area (TPSA) is 55.1 Å². The van der Waals surface area contributed by atoms with Gasteiger partial charge in [0.05, 0.1) is 15.6 Å². The predicted octanol–water partition coefficient (Wildman–Crippen LogP) is 3.39. The Hall–Kier alpha value is -1.66. The number of nitrogens with two attached hydrogens (primary N) is 1. The molecule has 0 atom stereocenters. The lowest BCUT2D eigenvalue weighted by Gasteiger charge is -2.08. The molecule has 19 heavy (non-hydrogen) atoms. The lowest BCUT2D eigenvalue weighted by Crippen LogP contribution is -2.14. The van der Waals surface area contributed by atoms with Gasteiger partial charge < -0.3 is 11.1 Å². The zero-order valence-corrected chi connectivity index (χ0v) is 11.1. The summed E-state index contributed by atoms with van der Waals surface area (Å²) in [6.45, 7) is 0.318. The zero-order valence-electron chi connectivity index (χ0n) is 9.54. The second-order valence-corrected chi connectivity index (χ2v) is 5.54. The number of anilines is 1. The summed E-state index contributed by atoms with van der Waals surface area (Å²) in [5.74, 6) is -2.71. The van der Waals surface area contributed by atoms with Crippen LogP contribution in [-0.4, -0.2) is 5.91 Å². The lowest BCUT2D eigenvalue weighted by molar-refractivity contribution is 0.0996. The van der Waals surface area contributed by atoms with E-state index in [0.29, 0.717) is 16.9 Å². The van der Waals surface area contributed by atoms with Crippen LogP contribution in [0.3, 0.4) is 0 Å². The van der Waals surface area contributed by atoms with E-state index in [0.717, 1.165) is 10.9 Å². The molecular formula is C12H9ClF2N2OS. The first kappa shape index (κ1) is 13.8. The first-order valence-corrected chi connectivity index (χ1v) is 6.43. The monoisotopic (exact) mass is 302 g/mol. The predicted molar refractivity (Wildman–Crippen MR) is 71.5 cm³/mol. The van der Waals surface area contributed by atoms with Crippen LogP contribution in [0, 0.1) is 11.6 Å². The molecule has 0 aliphatic rings. The summed E-state index contributed by atoms with van der Waals surface area (Å²) >= 11 is 7.11. The van der Waals surface area contributed by atoms with Gasteiger partial charge in [0, 0.05) is 17.5 Å². The highest BCUT2D eigenvalue weighted by atomic mass is 35.5. The van der Waals surface area contributed by atoms with Crippen LogP contribution in [0.2, 0.25) is 4.34 Å². The van der Waals surface area contributed by atoms with Gasteiger partial charge in [0.25, 0.3) is 5.91 Å². The van der Waals surface area contributed by atoms with Crippen LogP contribution in [-0.2, 0) is 6.54 Å². The van der Waals surface area contributed by atoms with Gasteiger partial charge in [0.15, 0.2) is 0 Å². The van der Waals surface area contributed by atoms with E-state index >= 15 is 0 Å². The first-order valence-electron chi connectivity index (χ1n) is 5.24. The van der Waals surface area contributed by atoms with Crippen molar-refractivity contribution in [3.8, 4) is 0 Å². The number of carbonyl (C=O) groups excluding carboxylic acids is 1. The van der Waals surface area contributed by atoms with Crippen molar-refractivity contribution in [1.29, 1.82) is 0 Å². The summed E-state index contributed by atoms with van der Waals surface area (Å²) < 4.78 is 27.4. The molecule has 0 bridgehead atoms. The Bertz CT molecular complexity index is 630. The number of hydrogen-bond acceptors (Lipinski definition) is 3. The fourth-order valence-electron chi connectivity index (χ4n) is 1.50. The third kappa shape index (κ3) is 3.21. The van der Waals surface area contributed by atoms with Gasteiger partial charge in [0.2, 0.25) is 0 Å². The molecule has 0 saturated heterocycles. The van der Waals surface area contributed by atoms with Crippen LogP contribution in [0.1, 0.15) is 15.2 Å². The molecule has 0 aliphatic heterocycles. The number of carbonyl (C=O) groups is 1. The maximum Gasteiger partial charge on any atom is 0.251 e. The second-order valence-electron chi connectivity index (χ2n) is 3.74. The molecular weight excluding hydrogens is 294 g/mol. The number of benzene rings is 1. The third-order valence-corrected chi connectivity index (χ3v) is 3.64. The van der Waals surface area contributed by atoms with Crippen molar-refractivity contribution in [3.05, 3.63) is 50.7 Å². The zero-order chi connectivity index (χ0) is 14.0. The summed E-state index contributed by atoms with van der Waals surface area (Å²) in [6.07, 6.45) is 0. The van der Waals surface area contributed by atoms with Crippen LogP contribution >= 0.6 is 22.9 Å². The molecule has 0 spiro atoms. The van der Waals surface area contributed by atoms with Crippen molar-refractivity contribution in [2.45, 2.75) is 6.54 Å². The molecule has 100 valence electrons. The highest BCUT2D eigenvalue weighted by Gasteiger charge is 2.13. The smallest absolute Gasteiger partial charge is 0.251 e. The van der Waals surface area contributed by atoms with Crippen molar-refractivity contribution in [2.24, 2.45) is 5.73 Å². The Balaban J connectivity index is 2.20. The summed E-state index contributed by atoms with van der Waals surface area (Å²) in [5.41, 5.74) is 4.66. The molecule has 0 aliphatic carbocycles. The maximum atomic E-state index is 13.5. The molecule has 1 aromatic carbocycles. The summed E-state index contributed by atoms with van der Waals surface area (Å²) in [6, 6.07) is 5.20. The van der Waals surface area contributed by atoms with Gasteiger partial charge >= 0.3 is 0 Å². The van der Waals surface area contributed by atoms with Gasteiger partial charge in [-0.3, -0.25) is 4.79 Å². The molecule has 1 heterocycles. The molecule has 0 fully saturated rings. The van der Waals surface area contributed by atoms with Gasteiger partial charge in [-0.15, -0.1) is 11.3 Å². The van der Waals surface area contributed by atoms with Crippen molar-refractivity contribution in [1.82, 2.24) is 0 Å². The minimum Gasteiger partial charge on any atom is -0.378 e. The minimum atomic E-state index is -0.977. The Morgan fingerprint density at radius 3 is 2.63 bits per heavy atom. The highest BCUT2D eigenvalue weighted by Crippen LogP contribution is 2.24. The standard InChI is InChI=1S/C12H9ClF2N2OS/c13-11-2-1-6(19-11)5-17-10-3-7(12(16)18)8(14)4-9(10)15/h1-4,17H,5H2,(H2,16,18). The van der Waals surface area contributed by atoms with Crippen molar-refractivity contribution < 1.29 is 13.6 Å². The Morgan fingerprint density at radius 2 is 2.05 bits per heavy atom. The van der Waals surface area contributed by atoms with Crippen LogP contribution in [0.4, 0.5) is 14.5 Å². The molecule has 0 saturated carbocycles. The van der Waals surface area contributed by atoms with Crippen molar-refractivity contribution in [3.63, 3.8) is 0 Å². The molecule has 0 radical (unpaired) electrons. The van der Waals surface area contributed by atoms with Gasteiger partial charge in [-0.25, -0.2) is 8.78 Å². The van der Waals surface area contributed by atoms with E-state index in [2.05, 4.69) is 5.32 Å². The van der Waals surface area contributed by atoms with Gasteiger partial charge in [-0.1, -0.05) is 11.6 Å². The van der Waals surface area contributed by atoms with Crippen molar-refractivity contribution in [2.75, 3.05) is 5.32 Å². The molecule has 3 N–H and O–H groups in total. The fourth-order valence-corrected chi connectivity index (χ4v) is 2.53. The van der Waals surface area contributed by atoms with Crippen molar-refractivity contribution >= 4 is 34.5 Å². The minimum absolute atomic E-state index is 0.0136. The lowest BCUT2D eigenvalue weighted by atomic mass is 10.1. The quantitative estimate of drug-likeness (QED) is 0.909. The molecule has 2 rings (SSSR count). The Kier molecular flexibility index (Phi) is 4.01. The summed E-state index contributed by atoms with van der Waals surface area (Å²) in [7, 11) is 0. The molecule has 1 aromatic heterocycles. The van der Waals surface area contributed by atoms with Gasteiger partial charge in [-0.2, -0.15) is 0 Å². The summed E-state index contributed by atoms with van der Waals surface area (Å²) in [5, 5.41) is 2.77. The van der Waals surface area contributed by atoms with E-state index in [-0.39, 0.29) is 11.3 Å². The first-order chi connectivity index (χ1) is 8.97. The maximum absolute atomic E-state index is 13.5. The molecule has 2 aromatic rings. The molecule has 1 amide bonds. The molecule has 3 nitrogen and oxygen atoms in total. The number of amides is 1. The number of thiophene rings is 1. The van der Waals surface area contributed by atoms with Crippen LogP contribution in [0.15, 0.2) is 24.3 Å². The molecule has 7 heteroatoms. The van der Waals surface area contributed by atoms with Crippen LogP contribution < -0.4 is 11.1 Å². The van der Waals surface area contributed by atoms with E-state index in [9.17, 15) is 13.6 Å². The number of halogens is 3. The number of nitrogens with one attached hydrogen (secondary N) is 1. The number of primary amides is 1. The largest absolute Gasteiger partial charge is 0.378 e. The summed E-state index contributed by atoms with van der Waals surface area (Å²) in [4.78, 5) is 11.9. The number of hydrogen-bond donors (Lipinski definition) is 2. The van der Waals surface area contributed by atoms with Crippen LogP contribution in [0.5, 0.6) is 0 Å². The fraction of sp³-hybridized carbons (Fsp3) is 0.0833. The Labute approximate surface area is 117 Å². The van der Waals surface area contributed by atoms with E-state index in [4.69, 9.17) is 17.3 Å². The van der Waals surface area contributed by atoms with Gasteiger partial charge in [-0.05, 0) is 18.2 Å². The average Bonchev–Trinajstić information content (AvgIpc) is 2.73. The van der Waals surface area contributed by atoms with E-state index in [1.165, 1.54) is 11.3 Å². The van der Waals surface area contributed by atoms with E-state index in [1.54, 1.807) is 12.1 Å². The normalized spacial score (nSPS) is 10.5. The second kappa shape index (κ2) is 5.54. The Morgan fingerprint density at radius 1 is 1.32 bits per heavy atom. The highest BCUT2D eigenvalue weighted by molar-refractivity contribution is 7.16. The van der Waals surface area contributed by atoms with Gasteiger partial charge in [0.1, 0.15) is 11.6 Å². The third-order valence-electron chi connectivity index (χ3n) is 2.40. The SMILES string of the molecule is NC(=O)c1cc(NCc2ccc(Cl)s2)c(F)cc1F. The van der Waals surface area contributed by atoms with Crippen LogP contribution in [0.25, 0.3) is 0 Å².